The third-order valence-electron chi connectivity index (χ3n) is 5.81. The van der Waals surface area contributed by atoms with Crippen LogP contribution < -0.4 is 10.6 Å². The molecule has 0 atom stereocenters. The Balaban J connectivity index is 1.52. The van der Waals surface area contributed by atoms with Gasteiger partial charge in [0.05, 0.1) is 34.1 Å². The van der Waals surface area contributed by atoms with Crippen molar-refractivity contribution in [2.75, 3.05) is 10.6 Å². The molecule has 1 heterocycles. The number of carbonyl (C=O) groups excluding carboxylic acids is 5. The number of nitrogens with one attached hydrogen (secondary N) is 2. The van der Waals surface area contributed by atoms with Gasteiger partial charge in [-0.15, -0.1) is 5.06 Å². The van der Waals surface area contributed by atoms with Crippen molar-refractivity contribution < 1.29 is 28.8 Å². The minimum atomic E-state index is -0.975. The Morgan fingerprint density at radius 1 is 0.725 bits per heavy atom. The smallest absolute Gasteiger partial charge is 0.350 e. The summed E-state index contributed by atoms with van der Waals surface area (Å²) in [4.78, 5) is 67.4. The van der Waals surface area contributed by atoms with E-state index in [9.17, 15) is 24.0 Å². The molecule has 3 aromatic carbocycles. The maximum Gasteiger partial charge on any atom is 0.366 e. The molecule has 0 aliphatic carbocycles. The van der Waals surface area contributed by atoms with Gasteiger partial charge < -0.3 is 15.5 Å². The van der Waals surface area contributed by atoms with Crippen LogP contribution in [0.1, 0.15) is 56.8 Å². The molecular formula is C29H23N3O6S2. The van der Waals surface area contributed by atoms with E-state index in [0.29, 0.717) is 21.9 Å². The SMILES string of the molecule is O=C(CC(=S)Nc1ccc(C(=O)ON2C(=O)CCC2=O)c(NC(=S)CC(=O)c2ccccc2)c1)c1ccccc1. The molecule has 0 bridgehead atoms. The molecule has 0 unspecified atom stereocenters. The molecule has 1 aliphatic heterocycles. The van der Waals surface area contributed by atoms with Gasteiger partial charge in [0.15, 0.2) is 11.6 Å². The highest BCUT2D eigenvalue weighted by Gasteiger charge is 2.33. The van der Waals surface area contributed by atoms with E-state index in [4.69, 9.17) is 29.3 Å². The highest BCUT2D eigenvalue weighted by Crippen LogP contribution is 2.25. The molecule has 40 heavy (non-hydrogen) atoms. The number of anilines is 2. The molecule has 1 saturated heterocycles. The van der Waals surface area contributed by atoms with Gasteiger partial charge in [-0.2, -0.15) is 0 Å². The summed E-state index contributed by atoms with van der Waals surface area (Å²) in [6.07, 6.45) is -0.288. The summed E-state index contributed by atoms with van der Waals surface area (Å²) in [5, 5.41) is 6.30. The zero-order chi connectivity index (χ0) is 28.6. The molecule has 9 nitrogen and oxygen atoms in total. The molecule has 0 aromatic heterocycles. The van der Waals surface area contributed by atoms with Crippen molar-refractivity contribution in [1.82, 2.24) is 5.06 Å². The summed E-state index contributed by atoms with van der Waals surface area (Å²) < 4.78 is 0. The number of Topliss-reactive ketones (excluding diaryl/α,β-unsaturated/α-hetero) is 2. The zero-order valence-corrected chi connectivity index (χ0v) is 22.7. The number of rotatable bonds is 10. The van der Waals surface area contributed by atoms with Gasteiger partial charge >= 0.3 is 5.97 Å². The second-order valence-electron chi connectivity index (χ2n) is 8.75. The largest absolute Gasteiger partial charge is 0.366 e. The van der Waals surface area contributed by atoms with Crippen LogP contribution in [0.4, 0.5) is 11.4 Å². The van der Waals surface area contributed by atoms with Crippen LogP contribution in [0.25, 0.3) is 0 Å². The molecule has 2 N–H and O–H groups in total. The molecular weight excluding hydrogens is 550 g/mol. The fourth-order valence-electron chi connectivity index (χ4n) is 3.84. The van der Waals surface area contributed by atoms with Crippen LogP contribution in [0.2, 0.25) is 0 Å². The Morgan fingerprint density at radius 3 is 1.75 bits per heavy atom. The van der Waals surface area contributed by atoms with Crippen molar-refractivity contribution in [3.05, 3.63) is 95.6 Å². The second-order valence-corrected chi connectivity index (χ2v) is 9.73. The average molecular weight is 574 g/mol. The van der Waals surface area contributed by atoms with E-state index in [1.165, 1.54) is 18.2 Å². The second kappa shape index (κ2) is 13.0. The summed E-state index contributed by atoms with van der Waals surface area (Å²) >= 11 is 10.8. The number of amides is 2. The summed E-state index contributed by atoms with van der Waals surface area (Å²) in [5.41, 5.74) is 1.53. The molecule has 0 saturated carbocycles. The predicted molar refractivity (Wildman–Crippen MR) is 156 cm³/mol. The number of imide groups is 1. The Bertz CT molecular complexity index is 1490. The van der Waals surface area contributed by atoms with Gasteiger partial charge in [0.25, 0.3) is 11.8 Å². The standard InChI is InChI=1S/C29H23N3O6S2/c33-23(18-7-3-1-4-8-18)16-25(39)30-20-11-12-21(29(37)38-32-27(35)13-14-28(32)36)22(15-20)31-26(40)17-24(34)19-9-5-2-6-10-19/h1-12,15H,13-14,16-17H2,(H,30,39)(H,31,40). The van der Waals surface area contributed by atoms with Crippen molar-refractivity contribution in [3.8, 4) is 0 Å². The minimum Gasteiger partial charge on any atom is -0.350 e. The number of hydroxylamine groups is 2. The number of thiocarbonyl (C=S) groups is 2. The number of hydrogen-bond acceptors (Lipinski definition) is 8. The number of ketones is 2. The number of benzene rings is 3. The number of hydrogen-bond donors (Lipinski definition) is 2. The lowest BCUT2D eigenvalue weighted by Gasteiger charge is -2.17. The van der Waals surface area contributed by atoms with Gasteiger partial charge in [-0.1, -0.05) is 85.1 Å². The maximum atomic E-state index is 13.0. The first kappa shape index (κ1) is 28.4. The van der Waals surface area contributed by atoms with E-state index in [0.717, 1.165) is 0 Å². The summed E-state index contributed by atoms with van der Waals surface area (Å²) in [6.45, 7) is 0. The van der Waals surface area contributed by atoms with E-state index in [1.54, 1.807) is 54.6 Å². The summed E-state index contributed by atoms with van der Waals surface area (Å²) in [6, 6.07) is 21.7. The molecule has 11 heteroatoms. The van der Waals surface area contributed by atoms with Crippen LogP contribution in [0.15, 0.2) is 78.9 Å². The van der Waals surface area contributed by atoms with Gasteiger partial charge in [-0.05, 0) is 18.2 Å². The normalized spacial score (nSPS) is 12.6. The topological polar surface area (TPSA) is 122 Å². The van der Waals surface area contributed by atoms with E-state index in [2.05, 4.69) is 10.6 Å². The minimum absolute atomic E-state index is 0.0427. The fraction of sp³-hybridized carbons (Fsp3) is 0.138. The molecule has 1 fully saturated rings. The monoisotopic (exact) mass is 573 g/mol. The van der Waals surface area contributed by atoms with E-state index >= 15 is 0 Å². The van der Waals surface area contributed by atoms with Crippen LogP contribution in [0, 0.1) is 0 Å². The highest BCUT2D eigenvalue weighted by atomic mass is 32.1. The summed E-state index contributed by atoms with van der Waals surface area (Å²) in [7, 11) is 0. The van der Waals surface area contributed by atoms with Crippen molar-refractivity contribution in [1.29, 1.82) is 0 Å². The van der Waals surface area contributed by atoms with Gasteiger partial charge in [0, 0.05) is 29.7 Å². The Kier molecular flexibility index (Phi) is 9.20. The molecule has 0 spiro atoms. The van der Waals surface area contributed by atoms with Gasteiger partial charge in [-0.3, -0.25) is 19.2 Å². The van der Waals surface area contributed by atoms with Crippen LogP contribution in [0.3, 0.4) is 0 Å². The van der Waals surface area contributed by atoms with Crippen molar-refractivity contribution in [2.24, 2.45) is 0 Å². The Hall–Kier alpha value is -4.61. The third kappa shape index (κ3) is 7.28. The third-order valence-corrected chi connectivity index (χ3v) is 6.30. The van der Waals surface area contributed by atoms with Crippen LogP contribution in [0.5, 0.6) is 0 Å². The number of carbonyl (C=O) groups is 5. The summed E-state index contributed by atoms with van der Waals surface area (Å²) in [5.74, 6) is -2.62. The van der Waals surface area contributed by atoms with Crippen molar-refractivity contribution >= 4 is 75.1 Å². The quantitative estimate of drug-likeness (QED) is 0.196. The average Bonchev–Trinajstić information content (AvgIpc) is 3.26. The zero-order valence-electron chi connectivity index (χ0n) is 21.0. The fourth-order valence-corrected chi connectivity index (χ4v) is 4.33. The first-order valence-electron chi connectivity index (χ1n) is 12.2. The molecule has 4 rings (SSSR count). The lowest BCUT2D eigenvalue weighted by atomic mass is 10.1. The predicted octanol–water partition coefficient (Wildman–Crippen LogP) is 4.93. The Morgan fingerprint density at radius 2 is 1.23 bits per heavy atom. The first-order chi connectivity index (χ1) is 19.2. The highest BCUT2D eigenvalue weighted by molar-refractivity contribution is 7.80. The van der Waals surface area contributed by atoms with Gasteiger partial charge in [-0.25, -0.2) is 4.79 Å². The maximum absolute atomic E-state index is 13.0. The van der Waals surface area contributed by atoms with Gasteiger partial charge in [0.2, 0.25) is 0 Å². The lowest BCUT2D eigenvalue weighted by Crippen LogP contribution is -2.32. The molecule has 1 aliphatic rings. The van der Waals surface area contributed by atoms with Crippen LogP contribution >= 0.6 is 24.4 Å². The lowest BCUT2D eigenvalue weighted by molar-refractivity contribution is -0.172. The van der Waals surface area contributed by atoms with Crippen molar-refractivity contribution in [2.45, 2.75) is 25.7 Å². The molecule has 3 aromatic rings. The molecule has 0 radical (unpaired) electrons. The number of nitrogens with zero attached hydrogens (tertiary/aromatic N) is 1. The first-order valence-corrected chi connectivity index (χ1v) is 13.0. The van der Waals surface area contributed by atoms with Crippen molar-refractivity contribution in [3.63, 3.8) is 0 Å². The van der Waals surface area contributed by atoms with E-state index in [1.807, 2.05) is 6.07 Å². The molecule has 2 amide bonds. The van der Waals surface area contributed by atoms with E-state index in [-0.39, 0.29) is 58.5 Å². The van der Waals surface area contributed by atoms with Crippen LogP contribution in [-0.2, 0) is 14.4 Å². The van der Waals surface area contributed by atoms with E-state index < -0.39 is 17.8 Å². The van der Waals surface area contributed by atoms with Crippen LogP contribution in [-0.4, -0.2) is 44.4 Å². The van der Waals surface area contributed by atoms with Gasteiger partial charge in [0.1, 0.15) is 0 Å². The molecule has 202 valence electrons. The Labute approximate surface area is 240 Å².